The van der Waals surface area contributed by atoms with Gasteiger partial charge in [0.25, 0.3) is 0 Å². The van der Waals surface area contributed by atoms with Gasteiger partial charge in [-0.05, 0) is 44.7 Å². The monoisotopic (exact) mass is 434 g/mol. The van der Waals surface area contributed by atoms with E-state index in [4.69, 9.17) is 0 Å². The van der Waals surface area contributed by atoms with E-state index in [-0.39, 0.29) is 24.8 Å². The predicted octanol–water partition coefficient (Wildman–Crippen LogP) is 0.990. The number of likely N-dealkylation sites (N-methyl/N-ethyl adjacent to an activating group) is 1. The maximum Gasteiger partial charge on any atom is 0.248 e. The Morgan fingerprint density at radius 3 is 2.71 bits per heavy atom. The van der Waals surface area contributed by atoms with Crippen molar-refractivity contribution in [3.8, 4) is 0 Å². The summed E-state index contributed by atoms with van der Waals surface area (Å²) in [7, 11) is 3.73. The van der Waals surface area contributed by atoms with Crippen LogP contribution in [0.25, 0.3) is 0 Å². The molecule has 1 aromatic rings. The molecule has 2 aliphatic rings. The van der Waals surface area contributed by atoms with Crippen molar-refractivity contribution in [2.75, 3.05) is 27.2 Å². The van der Waals surface area contributed by atoms with Gasteiger partial charge in [0.05, 0.1) is 11.8 Å². The molecule has 3 rings (SSSR count). The van der Waals surface area contributed by atoms with Crippen LogP contribution < -0.4 is 5.32 Å². The molecule has 3 unspecified atom stereocenters. The molecule has 2 amide bonds. The standard InChI is InChI=1S/C22H38N6O3/c1-22(2,3)19(21(31)27-14-17(29)12-18(27)20(30)23-4)28-13-15(24-25-28)9-10-16-8-6-7-11-26(16)5/h13,16-19,29H,6-12,14H2,1-5H3,(H,23,30)/t16?,17?,18?,19-/m1/s1. The van der Waals surface area contributed by atoms with Crippen molar-refractivity contribution >= 4 is 11.8 Å². The van der Waals surface area contributed by atoms with Crippen LogP contribution in [0.3, 0.4) is 0 Å². The Bertz CT molecular complexity index is 774. The highest BCUT2D eigenvalue weighted by Crippen LogP contribution is 2.34. The number of aliphatic hydroxyl groups excluding tert-OH is 1. The van der Waals surface area contributed by atoms with Crippen LogP contribution in [0.15, 0.2) is 6.20 Å². The van der Waals surface area contributed by atoms with Gasteiger partial charge in [0, 0.05) is 32.3 Å². The highest BCUT2D eigenvalue weighted by Gasteiger charge is 2.45. The van der Waals surface area contributed by atoms with Gasteiger partial charge in [-0.25, -0.2) is 4.68 Å². The molecule has 9 nitrogen and oxygen atoms in total. The van der Waals surface area contributed by atoms with E-state index >= 15 is 0 Å². The number of likely N-dealkylation sites (tertiary alicyclic amines) is 2. The topological polar surface area (TPSA) is 104 Å². The van der Waals surface area contributed by atoms with E-state index < -0.39 is 23.6 Å². The molecule has 1 aromatic heterocycles. The maximum absolute atomic E-state index is 13.6. The number of aromatic nitrogens is 3. The first-order valence-electron chi connectivity index (χ1n) is 11.4. The molecule has 2 N–H and O–H groups in total. The Kier molecular flexibility index (Phi) is 7.36. The second-order valence-corrected chi connectivity index (χ2v) is 10.1. The number of rotatable bonds is 6. The Hall–Kier alpha value is -2.00. The summed E-state index contributed by atoms with van der Waals surface area (Å²) in [5, 5.41) is 21.4. The van der Waals surface area contributed by atoms with Gasteiger partial charge >= 0.3 is 0 Å². The van der Waals surface area contributed by atoms with Gasteiger partial charge in [0.1, 0.15) is 12.1 Å². The zero-order chi connectivity index (χ0) is 22.8. The summed E-state index contributed by atoms with van der Waals surface area (Å²) in [6.45, 7) is 7.24. The number of aryl methyl sites for hydroxylation is 1. The number of hydrogen-bond donors (Lipinski definition) is 2. The first-order valence-corrected chi connectivity index (χ1v) is 11.4. The second-order valence-electron chi connectivity index (χ2n) is 10.1. The first kappa shape index (κ1) is 23.7. The van der Waals surface area contributed by atoms with E-state index in [0.29, 0.717) is 6.04 Å². The third-order valence-electron chi connectivity index (χ3n) is 6.64. The number of amides is 2. The second kappa shape index (κ2) is 9.65. The van der Waals surface area contributed by atoms with Crippen LogP contribution in [0, 0.1) is 5.41 Å². The lowest BCUT2D eigenvalue weighted by atomic mass is 9.85. The van der Waals surface area contributed by atoms with Crippen LogP contribution in [-0.4, -0.2) is 87.1 Å². The highest BCUT2D eigenvalue weighted by atomic mass is 16.3. The van der Waals surface area contributed by atoms with Gasteiger partial charge in [0.2, 0.25) is 11.8 Å². The van der Waals surface area contributed by atoms with Crippen LogP contribution in [0.2, 0.25) is 0 Å². The molecule has 0 aliphatic carbocycles. The van der Waals surface area contributed by atoms with E-state index in [2.05, 4.69) is 27.6 Å². The molecule has 0 aromatic carbocycles. The molecule has 31 heavy (non-hydrogen) atoms. The van der Waals surface area contributed by atoms with Gasteiger partial charge in [-0.15, -0.1) is 5.10 Å². The summed E-state index contributed by atoms with van der Waals surface area (Å²) < 4.78 is 1.65. The quantitative estimate of drug-likeness (QED) is 0.692. The van der Waals surface area contributed by atoms with E-state index in [1.807, 2.05) is 27.0 Å². The van der Waals surface area contributed by atoms with Crippen molar-refractivity contribution in [1.82, 2.24) is 30.1 Å². The van der Waals surface area contributed by atoms with E-state index in [1.165, 1.54) is 24.2 Å². The average molecular weight is 435 g/mol. The lowest BCUT2D eigenvalue weighted by Gasteiger charge is -2.34. The number of carbonyl (C=O) groups is 2. The summed E-state index contributed by atoms with van der Waals surface area (Å²) in [6, 6.07) is -0.705. The molecular weight excluding hydrogens is 396 g/mol. The number of nitrogens with one attached hydrogen (secondary N) is 1. The smallest absolute Gasteiger partial charge is 0.248 e. The van der Waals surface area contributed by atoms with Crippen molar-refractivity contribution < 1.29 is 14.7 Å². The zero-order valence-corrected chi connectivity index (χ0v) is 19.5. The molecule has 0 spiro atoms. The maximum atomic E-state index is 13.6. The van der Waals surface area contributed by atoms with Crippen molar-refractivity contribution in [2.24, 2.45) is 5.41 Å². The summed E-state index contributed by atoms with van der Waals surface area (Å²) in [4.78, 5) is 29.8. The number of carbonyl (C=O) groups excluding carboxylic acids is 2. The van der Waals surface area contributed by atoms with Gasteiger partial charge in [-0.2, -0.15) is 0 Å². The van der Waals surface area contributed by atoms with Gasteiger partial charge in [-0.3, -0.25) is 9.59 Å². The zero-order valence-electron chi connectivity index (χ0n) is 19.5. The first-order chi connectivity index (χ1) is 14.6. The third kappa shape index (κ3) is 5.44. The summed E-state index contributed by atoms with van der Waals surface area (Å²) >= 11 is 0. The Morgan fingerprint density at radius 2 is 2.06 bits per heavy atom. The molecule has 2 fully saturated rings. The van der Waals surface area contributed by atoms with Crippen molar-refractivity contribution in [1.29, 1.82) is 0 Å². The number of aliphatic hydroxyl groups is 1. The molecule has 2 aliphatic heterocycles. The average Bonchev–Trinajstić information content (AvgIpc) is 3.32. The van der Waals surface area contributed by atoms with Gasteiger partial charge < -0.3 is 20.2 Å². The fraction of sp³-hybridized carbons (Fsp3) is 0.818. The molecule has 4 atom stereocenters. The van der Waals surface area contributed by atoms with Gasteiger partial charge in [0.15, 0.2) is 0 Å². The van der Waals surface area contributed by atoms with Gasteiger partial charge in [-0.1, -0.05) is 32.4 Å². The Morgan fingerprint density at radius 1 is 1.32 bits per heavy atom. The normalized spacial score (nSPS) is 26.1. The number of piperidine rings is 1. The minimum absolute atomic E-state index is 0.152. The number of hydrogen-bond acceptors (Lipinski definition) is 6. The van der Waals surface area contributed by atoms with Crippen LogP contribution in [0.5, 0.6) is 0 Å². The van der Waals surface area contributed by atoms with E-state index in [1.54, 1.807) is 11.7 Å². The van der Waals surface area contributed by atoms with Crippen molar-refractivity contribution in [3.05, 3.63) is 11.9 Å². The summed E-state index contributed by atoms with van der Waals surface area (Å²) in [5.41, 5.74) is 0.442. The highest BCUT2D eigenvalue weighted by molar-refractivity contribution is 5.90. The predicted molar refractivity (Wildman–Crippen MR) is 117 cm³/mol. The lowest BCUT2D eigenvalue weighted by molar-refractivity contribution is -0.144. The minimum Gasteiger partial charge on any atom is -0.391 e. The summed E-state index contributed by atoms with van der Waals surface area (Å²) in [5.74, 6) is -0.463. The Labute approximate surface area is 185 Å². The van der Waals surface area contributed by atoms with Crippen molar-refractivity contribution in [3.63, 3.8) is 0 Å². The lowest BCUT2D eigenvalue weighted by Crippen LogP contribution is -2.49. The minimum atomic E-state index is -0.703. The van der Waals surface area contributed by atoms with Crippen LogP contribution in [0.4, 0.5) is 0 Å². The summed E-state index contributed by atoms with van der Waals surface area (Å²) in [6.07, 6.45) is 7.02. The largest absolute Gasteiger partial charge is 0.391 e. The molecule has 2 saturated heterocycles. The SMILES string of the molecule is CNC(=O)C1CC(O)CN1C(=O)[C@@H](n1cc(CCC2CCCCN2C)nn1)C(C)(C)C. The van der Waals surface area contributed by atoms with E-state index in [9.17, 15) is 14.7 Å². The Balaban J connectivity index is 1.75. The van der Waals surface area contributed by atoms with Crippen LogP contribution >= 0.6 is 0 Å². The molecule has 0 bridgehead atoms. The molecular formula is C22H38N6O3. The van der Waals surface area contributed by atoms with E-state index in [0.717, 1.165) is 25.1 Å². The number of β-amino-alcohol motifs (C(OH)–C–C–N with tert-alkyl or cyclic N) is 1. The number of nitrogens with zero attached hydrogens (tertiary/aromatic N) is 5. The molecule has 0 saturated carbocycles. The third-order valence-corrected chi connectivity index (χ3v) is 6.64. The fourth-order valence-electron chi connectivity index (χ4n) is 4.89. The molecule has 174 valence electrons. The van der Waals surface area contributed by atoms with Crippen molar-refractivity contribution in [2.45, 2.75) is 83.5 Å². The van der Waals surface area contributed by atoms with Crippen LogP contribution in [0.1, 0.15) is 64.6 Å². The fourth-order valence-corrected chi connectivity index (χ4v) is 4.89. The molecule has 0 radical (unpaired) electrons. The molecule has 3 heterocycles. The molecule has 9 heteroatoms. The van der Waals surface area contributed by atoms with Crippen LogP contribution in [-0.2, 0) is 16.0 Å².